The molecule has 1 atom stereocenters. The number of sulfone groups is 1. The van der Waals surface area contributed by atoms with E-state index in [0.29, 0.717) is 38.7 Å². The van der Waals surface area contributed by atoms with E-state index in [0.717, 1.165) is 5.56 Å². The Morgan fingerprint density at radius 1 is 1.33 bits per heavy atom. The number of aromatic nitrogens is 2. The summed E-state index contributed by atoms with van der Waals surface area (Å²) in [6.45, 7) is 2.14. The molecule has 0 aromatic carbocycles. The van der Waals surface area contributed by atoms with Gasteiger partial charge in [-0.2, -0.15) is 0 Å². The van der Waals surface area contributed by atoms with Crippen molar-refractivity contribution >= 4 is 9.84 Å². The molecule has 24 heavy (non-hydrogen) atoms. The highest BCUT2D eigenvalue weighted by Crippen LogP contribution is 2.45. The van der Waals surface area contributed by atoms with E-state index in [1.165, 1.54) is 0 Å². The Balaban J connectivity index is 1.43. The Hall–Kier alpha value is -1.93. The summed E-state index contributed by atoms with van der Waals surface area (Å²) in [4.78, 5) is 10.2. The van der Waals surface area contributed by atoms with E-state index in [2.05, 4.69) is 14.9 Å². The molecule has 0 amide bonds. The van der Waals surface area contributed by atoms with Crippen LogP contribution in [-0.4, -0.2) is 53.5 Å². The van der Waals surface area contributed by atoms with Crippen LogP contribution in [0.3, 0.4) is 0 Å². The van der Waals surface area contributed by atoms with Crippen LogP contribution in [-0.2, 0) is 16.4 Å². The molecular weight excluding hydrogens is 330 g/mol. The number of hydrogen-bond donors (Lipinski definition) is 0. The fourth-order valence-corrected chi connectivity index (χ4v) is 6.16. The normalized spacial score (nSPS) is 24.8. The Morgan fingerprint density at radius 2 is 2.12 bits per heavy atom. The van der Waals surface area contributed by atoms with Crippen molar-refractivity contribution in [1.82, 2.24) is 14.9 Å². The lowest BCUT2D eigenvalue weighted by atomic mass is 9.83. The second kappa shape index (κ2) is 5.86. The second-order valence-corrected chi connectivity index (χ2v) is 8.94. The molecule has 0 N–H and O–H groups in total. The van der Waals surface area contributed by atoms with Crippen molar-refractivity contribution in [2.75, 3.05) is 25.4 Å². The third-order valence-electron chi connectivity index (χ3n) is 5.02. The van der Waals surface area contributed by atoms with Gasteiger partial charge in [0.1, 0.15) is 4.75 Å². The molecule has 2 saturated heterocycles. The van der Waals surface area contributed by atoms with Gasteiger partial charge in [-0.3, -0.25) is 4.90 Å². The molecule has 2 aliphatic rings. The Bertz CT molecular complexity index is 786. The maximum Gasteiger partial charge on any atom is 0.316 e. The summed E-state index contributed by atoms with van der Waals surface area (Å²) < 4.78 is 35.2. The summed E-state index contributed by atoms with van der Waals surface area (Å²) in [5.74, 6) is 0.211. The largest absolute Gasteiger partial charge is 0.472 e. The van der Waals surface area contributed by atoms with Crippen LogP contribution in [0.1, 0.15) is 12.0 Å². The topological polar surface area (TPSA) is 85.5 Å². The van der Waals surface area contributed by atoms with E-state index in [1.807, 2.05) is 6.07 Å². The average Bonchev–Trinajstić information content (AvgIpc) is 3.13. The minimum atomic E-state index is -3.10. The van der Waals surface area contributed by atoms with Crippen molar-refractivity contribution in [2.45, 2.75) is 17.7 Å². The minimum absolute atomic E-state index is 0.0214. The standard InChI is InChI=1S/C16H19N3O4S/c20-24(21)7-3-14(10-23-15-17-4-1-5-18-15)16(24)11-19(12-16)8-13-2-6-22-9-13/h1-2,4-6,9,14H,3,7-8,10-12H2. The highest BCUT2D eigenvalue weighted by molar-refractivity contribution is 7.93. The zero-order valence-corrected chi connectivity index (χ0v) is 14.0. The average molecular weight is 349 g/mol. The molecule has 2 aromatic heterocycles. The van der Waals surface area contributed by atoms with Gasteiger partial charge in [-0.05, 0) is 18.6 Å². The van der Waals surface area contributed by atoms with Crippen LogP contribution in [0, 0.1) is 5.92 Å². The van der Waals surface area contributed by atoms with Crippen LogP contribution in [0.5, 0.6) is 6.01 Å². The van der Waals surface area contributed by atoms with Gasteiger partial charge in [0.25, 0.3) is 0 Å². The molecule has 2 aliphatic heterocycles. The Kier molecular flexibility index (Phi) is 3.80. The summed E-state index contributed by atoms with van der Waals surface area (Å²) in [5.41, 5.74) is 1.06. The molecule has 2 aromatic rings. The molecule has 8 heteroatoms. The number of hydrogen-bond acceptors (Lipinski definition) is 7. The van der Waals surface area contributed by atoms with Crippen LogP contribution in [0.25, 0.3) is 0 Å². The molecule has 2 fully saturated rings. The van der Waals surface area contributed by atoms with Crippen LogP contribution in [0.4, 0.5) is 0 Å². The van der Waals surface area contributed by atoms with Crippen LogP contribution in [0.2, 0.25) is 0 Å². The highest BCUT2D eigenvalue weighted by atomic mass is 32.2. The van der Waals surface area contributed by atoms with Crippen LogP contribution < -0.4 is 4.74 Å². The maximum atomic E-state index is 12.6. The summed E-state index contributed by atoms with van der Waals surface area (Å²) in [7, 11) is -3.10. The van der Waals surface area contributed by atoms with Gasteiger partial charge in [-0.25, -0.2) is 18.4 Å². The molecule has 4 rings (SSSR count). The zero-order chi connectivity index (χ0) is 16.6. The van der Waals surface area contributed by atoms with Crippen LogP contribution in [0.15, 0.2) is 41.5 Å². The van der Waals surface area contributed by atoms with E-state index in [-0.39, 0.29) is 11.7 Å². The lowest BCUT2D eigenvalue weighted by Gasteiger charge is -2.49. The molecule has 0 bridgehead atoms. The summed E-state index contributed by atoms with van der Waals surface area (Å²) >= 11 is 0. The predicted molar refractivity (Wildman–Crippen MR) is 86.1 cm³/mol. The molecule has 128 valence electrons. The van der Waals surface area contributed by atoms with E-state index >= 15 is 0 Å². The van der Waals surface area contributed by atoms with Gasteiger partial charge in [0.2, 0.25) is 0 Å². The summed E-state index contributed by atoms with van der Waals surface area (Å²) in [6.07, 6.45) is 7.18. The SMILES string of the molecule is O=S1(=O)CCC(COc2ncccn2)C12CN(Cc1ccoc1)C2. The first-order valence-corrected chi connectivity index (χ1v) is 9.60. The van der Waals surface area contributed by atoms with Gasteiger partial charge in [0.15, 0.2) is 9.84 Å². The number of nitrogens with zero attached hydrogens (tertiary/aromatic N) is 3. The van der Waals surface area contributed by atoms with Crippen molar-refractivity contribution < 1.29 is 17.6 Å². The first-order valence-electron chi connectivity index (χ1n) is 7.95. The van der Waals surface area contributed by atoms with Crippen molar-refractivity contribution in [1.29, 1.82) is 0 Å². The lowest BCUT2D eigenvalue weighted by Crippen LogP contribution is -2.67. The van der Waals surface area contributed by atoms with Gasteiger partial charge in [-0.1, -0.05) is 0 Å². The van der Waals surface area contributed by atoms with E-state index in [9.17, 15) is 8.42 Å². The number of ether oxygens (including phenoxy) is 1. The fourth-order valence-electron chi connectivity index (χ4n) is 3.71. The molecule has 1 unspecified atom stereocenters. The highest BCUT2D eigenvalue weighted by Gasteiger charge is 2.61. The Labute approximate surface area is 140 Å². The van der Waals surface area contributed by atoms with E-state index in [1.54, 1.807) is 31.0 Å². The third-order valence-corrected chi connectivity index (χ3v) is 7.63. The smallest absolute Gasteiger partial charge is 0.316 e. The van der Waals surface area contributed by atoms with Gasteiger partial charge in [0, 0.05) is 43.5 Å². The maximum absolute atomic E-state index is 12.6. The molecule has 0 aliphatic carbocycles. The first kappa shape index (κ1) is 15.6. The number of furan rings is 1. The number of rotatable bonds is 5. The van der Waals surface area contributed by atoms with E-state index in [4.69, 9.17) is 9.15 Å². The van der Waals surface area contributed by atoms with Crippen molar-refractivity contribution in [2.24, 2.45) is 5.92 Å². The van der Waals surface area contributed by atoms with E-state index < -0.39 is 14.6 Å². The first-order chi connectivity index (χ1) is 11.6. The van der Waals surface area contributed by atoms with Gasteiger partial charge in [0.05, 0.1) is 24.9 Å². The van der Waals surface area contributed by atoms with Crippen molar-refractivity contribution in [3.63, 3.8) is 0 Å². The Morgan fingerprint density at radius 3 is 2.83 bits per heavy atom. The third kappa shape index (κ3) is 2.59. The molecule has 0 radical (unpaired) electrons. The van der Waals surface area contributed by atoms with Gasteiger partial charge in [-0.15, -0.1) is 0 Å². The molecule has 4 heterocycles. The summed E-state index contributed by atoms with van der Waals surface area (Å²) in [5, 5.41) is 0. The lowest BCUT2D eigenvalue weighted by molar-refractivity contribution is 0.0571. The summed E-state index contributed by atoms with van der Waals surface area (Å²) in [6, 6.07) is 3.92. The van der Waals surface area contributed by atoms with Gasteiger partial charge < -0.3 is 9.15 Å². The quantitative estimate of drug-likeness (QED) is 0.800. The van der Waals surface area contributed by atoms with Crippen molar-refractivity contribution in [3.8, 4) is 6.01 Å². The fraction of sp³-hybridized carbons (Fsp3) is 0.500. The zero-order valence-electron chi connectivity index (χ0n) is 13.2. The monoisotopic (exact) mass is 349 g/mol. The molecule has 7 nitrogen and oxygen atoms in total. The molecule has 1 spiro atoms. The van der Waals surface area contributed by atoms with Crippen molar-refractivity contribution in [3.05, 3.63) is 42.6 Å². The van der Waals surface area contributed by atoms with Crippen LogP contribution >= 0.6 is 0 Å². The second-order valence-electron chi connectivity index (χ2n) is 6.49. The number of likely N-dealkylation sites (tertiary alicyclic amines) is 1. The molecule has 0 saturated carbocycles. The predicted octanol–water partition coefficient (Wildman–Crippen LogP) is 1.14. The minimum Gasteiger partial charge on any atom is -0.472 e. The van der Waals surface area contributed by atoms with Gasteiger partial charge >= 0.3 is 6.01 Å². The molecular formula is C16H19N3O4S.